The summed E-state index contributed by atoms with van der Waals surface area (Å²) >= 11 is 1.58. The summed E-state index contributed by atoms with van der Waals surface area (Å²) in [6.45, 7) is 6.65. The minimum atomic E-state index is -0.0797. The van der Waals surface area contributed by atoms with E-state index in [1.54, 1.807) is 11.3 Å². The number of carbonyl (C=O) groups excluding carboxylic acids is 2. The monoisotopic (exact) mass is 282 g/mol. The Bertz CT molecular complexity index is 441. The fraction of sp³-hybridized carbons (Fsp3) is 0.571. The van der Waals surface area contributed by atoms with E-state index in [0.717, 1.165) is 24.1 Å². The van der Waals surface area contributed by atoms with Crippen LogP contribution >= 0.6 is 11.3 Å². The molecular formula is C14H22N2O2S. The predicted molar refractivity (Wildman–Crippen MR) is 78.7 cm³/mol. The SMILES string of the molecule is CCCc1sc(C(=O)NCCNC(C)=O)cc1CC. The molecule has 0 atom stereocenters. The second kappa shape index (κ2) is 7.94. The standard InChI is InChI=1S/C14H22N2O2S/c1-4-6-12-11(5-2)9-13(19-12)14(18)16-8-7-15-10(3)17/h9H,4-8H2,1-3H3,(H,15,17)(H,16,18). The van der Waals surface area contributed by atoms with Crippen LogP contribution in [0.25, 0.3) is 0 Å². The maximum atomic E-state index is 12.0. The van der Waals surface area contributed by atoms with Crippen molar-refractivity contribution in [2.75, 3.05) is 13.1 Å². The number of aryl methyl sites for hydroxylation is 2. The average Bonchev–Trinajstić information content (AvgIpc) is 2.78. The minimum Gasteiger partial charge on any atom is -0.355 e. The number of amides is 2. The van der Waals surface area contributed by atoms with Crippen LogP contribution < -0.4 is 10.6 Å². The lowest BCUT2D eigenvalue weighted by molar-refractivity contribution is -0.118. The largest absolute Gasteiger partial charge is 0.355 e. The Morgan fingerprint density at radius 2 is 1.89 bits per heavy atom. The number of hydrogen-bond donors (Lipinski definition) is 2. The van der Waals surface area contributed by atoms with Crippen molar-refractivity contribution in [3.05, 3.63) is 21.4 Å². The topological polar surface area (TPSA) is 58.2 Å². The quantitative estimate of drug-likeness (QED) is 0.753. The van der Waals surface area contributed by atoms with Crippen molar-refractivity contribution in [3.8, 4) is 0 Å². The van der Waals surface area contributed by atoms with Crippen molar-refractivity contribution in [2.24, 2.45) is 0 Å². The molecule has 1 heterocycles. The third-order valence-corrected chi connectivity index (χ3v) is 4.00. The molecule has 0 aliphatic carbocycles. The zero-order chi connectivity index (χ0) is 14.3. The lowest BCUT2D eigenvalue weighted by Gasteiger charge is -2.03. The van der Waals surface area contributed by atoms with Crippen molar-refractivity contribution in [1.29, 1.82) is 0 Å². The van der Waals surface area contributed by atoms with Gasteiger partial charge in [0.2, 0.25) is 5.91 Å². The summed E-state index contributed by atoms with van der Waals surface area (Å²) in [5.41, 5.74) is 1.28. The third-order valence-electron chi connectivity index (χ3n) is 2.76. The zero-order valence-corrected chi connectivity index (χ0v) is 12.7. The molecule has 0 aliphatic heterocycles. The molecule has 19 heavy (non-hydrogen) atoms. The number of nitrogens with one attached hydrogen (secondary N) is 2. The average molecular weight is 282 g/mol. The molecule has 0 unspecified atom stereocenters. The van der Waals surface area contributed by atoms with Crippen molar-refractivity contribution in [2.45, 2.75) is 40.0 Å². The first-order chi connectivity index (χ1) is 9.08. The van der Waals surface area contributed by atoms with Crippen molar-refractivity contribution in [3.63, 3.8) is 0 Å². The van der Waals surface area contributed by atoms with E-state index in [1.807, 2.05) is 6.07 Å². The summed E-state index contributed by atoms with van der Waals surface area (Å²) in [6, 6.07) is 1.99. The van der Waals surface area contributed by atoms with Crippen LogP contribution in [-0.4, -0.2) is 24.9 Å². The Kier molecular flexibility index (Phi) is 6.56. The second-order valence-corrected chi connectivity index (χ2v) is 5.54. The molecule has 0 spiro atoms. The van der Waals surface area contributed by atoms with Crippen LogP contribution in [0.15, 0.2) is 6.07 Å². The third kappa shape index (κ3) is 5.03. The molecule has 0 fully saturated rings. The maximum Gasteiger partial charge on any atom is 0.261 e. The molecule has 1 aromatic rings. The van der Waals surface area contributed by atoms with Crippen LogP contribution in [0.5, 0.6) is 0 Å². The Balaban J connectivity index is 2.54. The summed E-state index contributed by atoms with van der Waals surface area (Å²) in [6.07, 6.45) is 3.09. The normalized spacial score (nSPS) is 10.3. The second-order valence-electron chi connectivity index (χ2n) is 4.40. The van der Waals surface area contributed by atoms with Crippen molar-refractivity contribution < 1.29 is 9.59 Å². The van der Waals surface area contributed by atoms with Gasteiger partial charge in [-0.25, -0.2) is 0 Å². The van der Waals surface area contributed by atoms with Gasteiger partial charge in [0.05, 0.1) is 4.88 Å². The predicted octanol–water partition coefficient (Wildman–Crippen LogP) is 2.13. The van der Waals surface area contributed by atoms with Gasteiger partial charge >= 0.3 is 0 Å². The Morgan fingerprint density at radius 3 is 2.47 bits per heavy atom. The molecule has 0 saturated carbocycles. The molecule has 2 N–H and O–H groups in total. The number of thiophene rings is 1. The summed E-state index contributed by atoms with van der Waals surface area (Å²) in [4.78, 5) is 24.7. The van der Waals surface area contributed by atoms with E-state index in [-0.39, 0.29) is 11.8 Å². The lowest BCUT2D eigenvalue weighted by Crippen LogP contribution is -2.33. The fourth-order valence-corrected chi connectivity index (χ4v) is 3.09. The molecule has 0 saturated heterocycles. The van der Waals surface area contributed by atoms with Gasteiger partial charge in [0.25, 0.3) is 5.91 Å². The highest BCUT2D eigenvalue weighted by molar-refractivity contribution is 7.14. The lowest BCUT2D eigenvalue weighted by atomic mass is 10.1. The number of rotatable bonds is 7. The number of carbonyl (C=O) groups is 2. The molecule has 106 valence electrons. The molecule has 2 amide bonds. The number of hydrogen-bond acceptors (Lipinski definition) is 3. The van der Waals surface area contributed by atoms with Crippen molar-refractivity contribution in [1.82, 2.24) is 10.6 Å². The first kappa shape index (κ1) is 15.7. The molecule has 1 aromatic heterocycles. The molecule has 0 aromatic carbocycles. The van der Waals surface area contributed by atoms with Gasteiger partial charge in [0.1, 0.15) is 0 Å². The highest BCUT2D eigenvalue weighted by atomic mass is 32.1. The smallest absolute Gasteiger partial charge is 0.261 e. The minimum absolute atomic E-state index is 0.0487. The molecule has 0 bridgehead atoms. The van der Waals surface area contributed by atoms with E-state index >= 15 is 0 Å². The molecule has 0 aliphatic rings. The first-order valence-electron chi connectivity index (χ1n) is 6.72. The Hall–Kier alpha value is -1.36. The molecule has 5 heteroatoms. The Morgan fingerprint density at radius 1 is 1.21 bits per heavy atom. The van der Waals surface area contributed by atoms with Crippen molar-refractivity contribution >= 4 is 23.2 Å². The van der Waals surface area contributed by atoms with Gasteiger partial charge in [-0.1, -0.05) is 20.3 Å². The van der Waals surface area contributed by atoms with Gasteiger partial charge in [-0.3, -0.25) is 9.59 Å². The molecule has 4 nitrogen and oxygen atoms in total. The first-order valence-corrected chi connectivity index (χ1v) is 7.54. The highest BCUT2D eigenvalue weighted by Crippen LogP contribution is 2.24. The van der Waals surface area contributed by atoms with E-state index in [0.29, 0.717) is 13.1 Å². The highest BCUT2D eigenvalue weighted by Gasteiger charge is 2.12. The summed E-state index contributed by atoms with van der Waals surface area (Å²) in [7, 11) is 0. The zero-order valence-electron chi connectivity index (χ0n) is 11.8. The molecule has 0 radical (unpaired) electrons. The van der Waals surface area contributed by atoms with Crippen LogP contribution in [-0.2, 0) is 17.6 Å². The summed E-state index contributed by atoms with van der Waals surface area (Å²) in [5, 5.41) is 5.47. The van der Waals surface area contributed by atoms with E-state index in [1.165, 1.54) is 17.4 Å². The summed E-state index contributed by atoms with van der Waals surface area (Å²) < 4.78 is 0. The van der Waals surface area contributed by atoms with E-state index in [2.05, 4.69) is 24.5 Å². The molecular weight excluding hydrogens is 260 g/mol. The van der Waals surface area contributed by atoms with Gasteiger partial charge in [-0.2, -0.15) is 0 Å². The Labute approximate surface area is 118 Å². The van der Waals surface area contributed by atoms with E-state index < -0.39 is 0 Å². The van der Waals surface area contributed by atoms with Gasteiger partial charge in [-0.05, 0) is 24.5 Å². The van der Waals surface area contributed by atoms with Crippen LogP contribution in [0.2, 0.25) is 0 Å². The van der Waals surface area contributed by atoms with Crippen LogP contribution in [0.3, 0.4) is 0 Å². The van der Waals surface area contributed by atoms with Gasteiger partial charge in [0, 0.05) is 24.9 Å². The molecule has 1 rings (SSSR count). The van der Waals surface area contributed by atoms with Gasteiger partial charge in [-0.15, -0.1) is 11.3 Å². The van der Waals surface area contributed by atoms with E-state index in [9.17, 15) is 9.59 Å². The maximum absolute atomic E-state index is 12.0. The van der Waals surface area contributed by atoms with Crippen LogP contribution in [0.4, 0.5) is 0 Å². The van der Waals surface area contributed by atoms with Crippen LogP contribution in [0, 0.1) is 0 Å². The fourth-order valence-electron chi connectivity index (χ4n) is 1.82. The van der Waals surface area contributed by atoms with E-state index in [4.69, 9.17) is 0 Å². The van der Waals surface area contributed by atoms with Gasteiger partial charge < -0.3 is 10.6 Å². The summed E-state index contributed by atoms with van der Waals surface area (Å²) in [5.74, 6) is -0.128. The van der Waals surface area contributed by atoms with Gasteiger partial charge in [0.15, 0.2) is 0 Å². The van der Waals surface area contributed by atoms with Crippen LogP contribution in [0.1, 0.15) is 47.3 Å².